The number of hydrogen-bond donors (Lipinski definition) is 1. The maximum absolute atomic E-state index is 10.8. The number of rotatable bonds is 7. The molecule has 0 fully saturated rings. The third kappa shape index (κ3) is 6.45. The summed E-state index contributed by atoms with van der Waals surface area (Å²) in [5.74, 6) is 0.842. The zero-order valence-electron chi connectivity index (χ0n) is 11.4. The van der Waals surface area contributed by atoms with Gasteiger partial charge in [0.05, 0.1) is 19.9 Å². The summed E-state index contributed by atoms with van der Waals surface area (Å²) >= 11 is 0. The number of hydrogen-bond acceptors (Lipinski definition) is 4. The molecule has 104 valence electrons. The number of hydrazone groups is 1. The summed E-state index contributed by atoms with van der Waals surface area (Å²) in [5.41, 5.74) is 3.09. The first-order valence-electron chi connectivity index (χ1n) is 6.36. The van der Waals surface area contributed by atoms with Crippen LogP contribution in [0.2, 0.25) is 0 Å². The lowest BCUT2D eigenvalue weighted by molar-refractivity contribution is 0.171. The zero-order valence-corrected chi connectivity index (χ0v) is 11.4. The van der Waals surface area contributed by atoms with Crippen LogP contribution in [0.5, 0.6) is 5.75 Å². The first-order chi connectivity index (χ1) is 9.26. The number of carbonyl (C=O) groups is 1. The van der Waals surface area contributed by atoms with Crippen LogP contribution in [0.4, 0.5) is 4.79 Å². The minimum Gasteiger partial charge on any atom is -0.494 e. The van der Waals surface area contributed by atoms with E-state index in [9.17, 15) is 4.79 Å². The summed E-state index contributed by atoms with van der Waals surface area (Å²) in [4.78, 5) is 10.8. The molecule has 0 saturated carbocycles. The fourth-order valence-corrected chi connectivity index (χ4v) is 1.40. The molecule has 0 aliphatic carbocycles. The van der Waals surface area contributed by atoms with Crippen molar-refractivity contribution in [1.82, 2.24) is 5.43 Å². The Morgan fingerprint density at radius 3 is 2.68 bits per heavy atom. The quantitative estimate of drug-likeness (QED) is 0.468. The third-order valence-electron chi connectivity index (χ3n) is 2.45. The molecule has 5 heteroatoms. The van der Waals surface area contributed by atoms with Crippen LogP contribution >= 0.6 is 0 Å². The second-order valence-corrected chi connectivity index (χ2v) is 3.99. The van der Waals surface area contributed by atoms with E-state index in [-0.39, 0.29) is 0 Å². The molecule has 0 aliphatic rings. The minimum absolute atomic E-state index is 0.591. The third-order valence-corrected chi connectivity index (χ3v) is 2.45. The Balaban J connectivity index is 2.36. The maximum atomic E-state index is 10.8. The van der Waals surface area contributed by atoms with Gasteiger partial charge in [-0.15, -0.1) is 0 Å². The molecular formula is C14H20N2O3. The van der Waals surface area contributed by atoms with Gasteiger partial charge in [-0.05, 0) is 36.2 Å². The van der Waals surface area contributed by atoms with E-state index in [1.54, 1.807) is 0 Å². The van der Waals surface area contributed by atoms with Crippen molar-refractivity contribution in [1.29, 1.82) is 0 Å². The molecule has 0 aromatic heterocycles. The second-order valence-electron chi connectivity index (χ2n) is 3.99. The number of unbranched alkanes of at least 4 members (excludes halogenated alkanes) is 2. The lowest BCUT2D eigenvalue weighted by Gasteiger charge is -2.05. The monoisotopic (exact) mass is 264 g/mol. The largest absolute Gasteiger partial charge is 0.494 e. The highest BCUT2D eigenvalue weighted by atomic mass is 16.5. The normalized spacial score (nSPS) is 10.4. The van der Waals surface area contributed by atoms with Gasteiger partial charge in [-0.1, -0.05) is 19.8 Å². The van der Waals surface area contributed by atoms with Gasteiger partial charge in [0, 0.05) is 0 Å². The van der Waals surface area contributed by atoms with Gasteiger partial charge in [0.2, 0.25) is 0 Å². The molecule has 0 atom stereocenters. The molecule has 0 bridgehead atoms. The number of nitrogens with one attached hydrogen (secondary N) is 1. The van der Waals surface area contributed by atoms with Crippen molar-refractivity contribution in [2.24, 2.45) is 5.10 Å². The van der Waals surface area contributed by atoms with Crippen molar-refractivity contribution in [3.63, 3.8) is 0 Å². The Kier molecular flexibility index (Phi) is 7.09. The first kappa shape index (κ1) is 15.0. The van der Waals surface area contributed by atoms with E-state index in [1.807, 2.05) is 24.3 Å². The summed E-state index contributed by atoms with van der Waals surface area (Å²) in [7, 11) is 1.29. The van der Waals surface area contributed by atoms with E-state index >= 15 is 0 Å². The van der Waals surface area contributed by atoms with Gasteiger partial charge in [0.1, 0.15) is 5.75 Å². The van der Waals surface area contributed by atoms with Crippen molar-refractivity contribution in [2.75, 3.05) is 13.7 Å². The molecule has 1 rings (SSSR count). The summed E-state index contributed by atoms with van der Waals surface area (Å²) in [5, 5.41) is 3.74. The average Bonchev–Trinajstić information content (AvgIpc) is 2.45. The summed E-state index contributed by atoms with van der Waals surface area (Å²) < 4.78 is 9.98. The molecule has 0 unspecified atom stereocenters. The maximum Gasteiger partial charge on any atom is 0.427 e. The topological polar surface area (TPSA) is 59.9 Å². The van der Waals surface area contributed by atoms with Crippen LogP contribution in [0, 0.1) is 0 Å². The van der Waals surface area contributed by atoms with Crippen LogP contribution in [0.15, 0.2) is 29.4 Å². The smallest absolute Gasteiger partial charge is 0.427 e. The number of ether oxygens (including phenoxy) is 2. The van der Waals surface area contributed by atoms with Gasteiger partial charge < -0.3 is 9.47 Å². The molecule has 0 radical (unpaired) electrons. The number of methoxy groups -OCH3 is 1. The van der Waals surface area contributed by atoms with Crippen molar-refractivity contribution >= 4 is 12.3 Å². The standard InChI is InChI=1S/C14H20N2O3/c1-3-4-5-10-19-13-8-6-12(7-9-13)11-15-16-14(17)18-2/h6-9,11H,3-5,10H2,1-2H3,(H,16,17). The highest BCUT2D eigenvalue weighted by Crippen LogP contribution is 2.11. The molecule has 0 saturated heterocycles. The van der Waals surface area contributed by atoms with Crippen LogP contribution < -0.4 is 10.2 Å². The molecule has 0 spiro atoms. The fourth-order valence-electron chi connectivity index (χ4n) is 1.40. The molecule has 1 amide bonds. The molecule has 1 N–H and O–H groups in total. The molecule has 1 aromatic rings. The molecule has 0 aliphatic heterocycles. The van der Waals surface area contributed by atoms with Crippen LogP contribution in [0.25, 0.3) is 0 Å². The highest BCUT2D eigenvalue weighted by Gasteiger charge is 1.95. The number of carbonyl (C=O) groups excluding carboxylic acids is 1. The molecule has 1 aromatic carbocycles. The van der Waals surface area contributed by atoms with Gasteiger partial charge in [-0.3, -0.25) is 0 Å². The van der Waals surface area contributed by atoms with E-state index in [0.29, 0.717) is 0 Å². The number of nitrogens with zero attached hydrogens (tertiary/aromatic N) is 1. The zero-order chi connectivity index (χ0) is 13.9. The SMILES string of the molecule is CCCCCOc1ccc(C=NNC(=O)OC)cc1. The molecule has 0 heterocycles. The van der Waals surface area contributed by atoms with E-state index in [2.05, 4.69) is 22.2 Å². The number of benzene rings is 1. The Labute approximate surface area is 113 Å². The average molecular weight is 264 g/mol. The van der Waals surface area contributed by atoms with Crippen molar-refractivity contribution in [3.8, 4) is 5.75 Å². The predicted octanol–water partition coefficient (Wildman–Crippen LogP) is 2.95. The van der Waals surface area contributed by atoms with E-state index in [0.717, 1.165) is 24.3 Å². The lowest BCUT2D eigenvalue weighted by atomic mass is 10.2. The van der Waals surface area contributed by atoms with Crippen LogP contribution in [0.3, 0.4) is 0 Å². The van der Waals surface area contributed by atoms with Gasteiger partial charge in [-0.25, -0.2) is 10.2 Å². The van der Waals surface area contributed by atoms with Crippen molar-refractivity contribution in [2.45, 2.75) is 26.2 Å². The predicted molar refractivity (Wildman–Crippen MR) is 74.6 cm³/mol. The van der Waals surface area contributed by atoms with Gasteiger partial charge in [0.25, 0.3) is 0 Å². The van der Waals surface area contributed by atoms with E-state index < -0.39 is 6.09 Å². The highest BCUT2D eigenvalue weighted by molar-refractivity contribution is 5.80. The van der Waals surface area contributed by atoms with E-state index in [4.69, 9.17) is 4.74 Å². The van der Waals surface area contributed by atoms with Crippen molar-refractivity contribution in [3.05, 3.63) is 29.8 Å². The van der Waals surface area contributed by atoms with Crippen LogP contribution in [-0.4, -0.2) is 26.0 Å². The Morgan fingerprint density at radius 1 is 1.32 bits per heavy atom. The Morgan fingerprint density at radius 2 is 2.05 bits per heavy atom. The summed E-state index contributed by atoms with van der Waals surface area (Å²) in [6, 6.07) is 7.51. The van der Waals surface area contributed by atoms with Gasteiger partial charge in [0.15, 0.2) is 0 Å². The first-order valence-corrected chi connectivity index (χ1v) is 6.36. The lowest BCUT2D eigenvalue weighted by Crippen LogP contribution is -2.16. The van der Waals surface area contributed by atoms with Crippen LogP contribution in [-0.2, 0) is 4.74 Å². The minimum atomic E-state index is -0.591. The Bertz CT molecular complexity index is 402. The van der Waals surface area contributed by atoms with Gasteiger partial charge >= 0.3 is 6.09 Å². The second kappa shape index (κ2) is 8.97. The van der Waals surface area contributed by atoms with Crippen LogP contribution in [0.1, 0.15) is 31.7 Å². The van der Waals surface area contributed by atoms with E-state index in [1.165, 1.54) is 26.2 Å². The number of amides is 1. The molecule has 19 heavy (non-hydrogen) atoms. The molecule has 5 nitrogen and oxygen atoms in total. The van der Waals surface area contributed by atoms with Gasteiger partial charge in [-0.2, -0.15) is 5.10 Å². The van der Waals surface area contributed by atoms with Crippen molar-refractivity contribution < 1.29 is 14.3 Å². The Hall–Kier alpha value is -2.04. The fraction of sp³-hybridized carbons (Fsp3) is 0.429. The molecular weight excluding hydrogens is 244 g/mol. The summed E-state index contributed by atoms with van der Waals surface area (Å²) in [6.07, 6.45) is 4.39. The summed E-state index contributed by atoms with van der Waals surface area (Å²) in [6.45, 7) is 2.90.